The fourth-order valence-corrected chi connectivity index (χ4v) is 4.46. The monoisotopic (exact) mass is 294 g/mol. The summed E-state index contributed by atoms with van der Waals surface area (Å²) in [5, 5.41) is 12.2. The summed E-state index contributed by atoms with van der Waals surface area (Å²) in [6.45, 7) is 1.69. The van der Waals surface area contributed by atoms with Gasteiger partial charge in [-0.25, -0.2) is 4.79 Å². The van der Waals surface area contributed by atoms with Crippen LogP contribution >= 0.6 is 0 Å². The molecule has 2 saturated carbocycles. The van der Waals surface area contributed by atoms with Crippen molar-refractivity contribution in [2.75, 3.05) is 13.1 Å². The number of likely N-dealkylation sites (tertiary alicyclic amines) is 1. The number of hydrogen-bond donors (Lipinski definition) is 2. The highest BCUT2D eigenvalue weighted by Crippen LogP contribution is 2.36. The summed E-state index contributed by atoms with van der Waals surface area (Å²) in [6.07, 6.45) is 8.70. The smallest absolute Gasteiger partial charge is 0.317 e. The minimum atomic E-state index is -0.774. The van der Waals surface area contributed by atoms with Crippen LogP contribution < -0.4 is 5.32 Å². The van der Waals surface area contributed by atoms with Crippen molar-refractivity contribution < 1.29 is 14.7 Å². The standard InChI is InChI=1S/C16H26N2O3/c19-15(20)13-6-3-7-14(13)17-16(21)18-9-8-11-4-1-2-5-12(11)10-18/h11-14H,1-10H2,(H,17,21)(H,19,20). The van der Waals surface area contributed by atoms with Gasteiger partial charge in [0.25, 0.3) is 0 Å². The minimum absolute atomic E-state index is 0.0443. The van der Waals surface area contributed by atoms with Crippen LogP contribution in [0.25, 0.3) is 0 Å². The number of carbonyl (C=O) groups excluding carboxylic acids is 1. The highest BCUT2D eigenvalue weighted by Gasteiger charge is 2.37. The maximum absolute atomic E-state index is 12.4. The second-order valence-corrected chi connectivity index (χ2v) is 6.97. The molecule has 2 amide bonds. The number of piperidine rings is 1. The van der Waals surface area contributed by atoms with Crippen LogP contribution in [0.2, 0.25) is 0 Å². The molecule has 3 rings (SSSR count). The number of aliphatic carboxylic acids is 1. The normalized spacial score (nSPS) is 36.1. The number of carbonyl (C=O) groups is 2. The molecule has 118 valence electrons. The first-order valence-corrected chi connectivity index (χ1v) is 8.43. The Morgan fingerprint density at radius 2 is 1.71 bits per heavy atom. The van der Waals surface area contributed by atoms with Gasteiger partial charge in [0.2, 0.25) is 0 Å². The van der Waals surface area contributed by atoms with Gasteiger partial charge in [-0.3, -0.25) is 4.79 Å². The van der Waals surface area contributed by atoms with E-state index in [1.54, 1.807) is 0 Å². The Kier molecular flexibility index (Phi) is 4.36. The van der Waals surface area contributed by atoms with Gasteiger partial charge in [-0.15, -0.1) is 0 Å². The first-order valence-electron chi connectivity index (χ1n) is 8.43. The molecule has 1 heterocycles. The van der Waals surface area contributed by atoms with Gasteiger partial charge in [0.1, 0.15) is 0 Å². The van der Waals surface area contributed by atoms with E-state index < -0.39 is 11.9 Å². The highest BCUT2D eigenvalue weighted by atomic mass is 16.4. The van der Waals surface area contributed by atoms with Crippen molar-refractivity contribution in [1.82, 2.24) is 10.2 Å². The molecule has 3 fully saturated rings. The van der Waals surface area contributed by atoms with E-state index in [0.717, 1.165) is 38.3 Å². The molecular weight excluding hydrogens is 268 g/mol. The van der Waals surface area contributed by atoms with Crippen molar-refractivity contribution in [3.8, 4) is 0 Å². The van der Waals surface area contributed by atoms with E-state index >= 15 is 0 Å². The number of carboxylic acid groups (broad SMARTS) is 1. The molecule has 0 aromatic heterocycles. The van der Waals surface area contributed by atoms with Crippen LogP contribution in [0, 0.1) is 17.8 Å². The van der Waals surface area contributed by atoms with Crippen molar-refractivity contribution >= 4 is 12.0 Å². The van der Waals surface area contributed by atoms with Gasteiger partial charge in [0.05, 0.1) is 5.92 Å². The Labute approximate surface area is 126 Å². The molecule has 2 aliphatic carbocycles. The number of nitrogens with zero attached hydrogens (tertiary/aromatic N) is 1. The van der Waals surface area contributed by atoms with Crippen molar-refractivity contribution in [1.29, 1.82) is 0 Å². The number of nitrogens with one attached hydrogen (secondary N) is 1. The van der Waals surface area contributed by atoms with Crippen LogP contribution in [0.5, 0.6) is 0 Å². The van der Waals surface area contributed by atoms with Gasteiger partial charge in [0, 0.05) is 19.1 Å². The highest BCUT2D eigenvalue weighted by molar-refractivity contribution is 5.77. The molecule has 5 nitrogen and oxygen atoms in total. The lowest BCUT2D eigenvalue weighted by Gasteiger charge is -2.41. The third kappa shape index (κ3) is 3.16. The topological polar surface area (TPSA) is 69.6 Å². The van der Waals surface area contributed by atoms with Crippen LogP contribution in [0.15, 0.2) is 0 Å². The van der Waals surface area contributed by atoms with Crippen molar-refractivity contribution in [3.63, 3.8) is 0 Å². The number of carboxylic acids is 1. The molecule has 1 saturated heterocycles. The number of hydrogen-bond acceptors (Lipinski definition) is 2. The Bertz CT molecular complexity index is 412. The quantitative estimate of drug-likeness (QED) is 0.822. The van der Waals surface area contributed by atoms with Crippen LogP contribution in [-0.4, -0.2) is 41.1 Å². The van der Waals surface area contributed by atoms with E-state index in [4.69, 9.17) is 0 Å². The Balaban J connectivity index is 1.54. The van der Waals surface area contributed by atoms with E-state index in [2.05, 4.69) is 5.32 Å². The van der Waals surface area contributed by atoms with Gasteiger partial charge in [0.15, 0.2) is 0 Å². The summed E-state index contributed by atoms with van der Waals surface area (Å²) in [6, 6.07) is -0.226. The summed E-state index contributed by atoms with van der Waals surface area (Å²) < 4.78 is 0. The molecule has 4 atom stereocenters. The maximum Gasteiger partial charge on any atom is 0.317 e. The Morgan fingerprint density at radius 3 is 2.48 bits per heavy atom. The van der Waals surface area contributed by atoms with Crippen molar-refractivity contribution in [3.05, 3.63) is 0 Å². The second kappa shape index (κ2) is 6.24. The molecule has 3 aliphatic rings. The molecule has 0 spiro atoms. The lowest BCUT2D eigenvalue weighted by Crippen LogP contribution is -2.52. The van der Waals surface area contributed by atoms with Gasteiger partial charge >= 0.3 is 12.0 Å². The van der Waals surface area contributed by atoms with Gasteiger partial charge in [-0.05, 0) is 37.5 Å². The third-order valence-electron chi connectivity index (χ3n) is 5.72. The molecule has 4 unspecified atom stereocenters. The third-order valence-corrected chi connectivity index (χ3v) is 5.72. The molecule has 0 aromatic rings. The summed E-state index contributed by atoms with van der Waals surface area (Å²) in [5.74, 6) is 0.295. The van der Waals surface area contributed by atoms with Crippen LogP contribution in [-0.2, 0) is 4.79 Å². The SMILES string of the molecule is O=C(O)C1CCCC1NC(=O)N1CCC2CCCCC2C1. The van der Waals surface area contributed by atoms with Gasteiger partial charge in [-0.2, -0.15) is 0 Å². The molecule has 0 radical (unpaired) electrons. The van der Waals surface area contributed by atoms with E-state index in [1.165, 1.54) is 25.7 Å². The molecule has 5 heteroatoms. The number of rotatable bonds is 2. The molecule has 0 aromatic carbocycles. The summed E-state index contributed by atoms with van der Waals surface area (Å²) in [5.41, 5.74) is 0. The molecule has 2 N–H and O–H groups in total. The average Bonchev–Trinajstić information content (AvgIpc) is 2.95. The lowest BCUT2D eigenvalue weighted by atomic mass is 9.75. The summed E-state index contributed by atoms with van der Waals surface area (Å²) >= 11 is 0. The molecule has 21 heavy (non-hydrogen) atoms. The largest absolute Gasteiger partial charge is 0.481 e. The Morgan fingerprint density at radius 1 is 0.952 bits per heavy atom. The van der Waals surface area contributed by atoms with Crippen LogP contribution in [0.1, 0.15) is 51.4 Å². The Hall–Kier alpha value is -1.26. The van der Waals surface area contributed by atoms with Crippen molar-refractivity contribution in [2.45, 2.75) is 57.4 Å². The van der Waals surface area contributed by atoms with E-state index in [0.29, 0.717) is 12.3 Å². The summed E-state index contributed by atoms with van der Waals surface area (Å²) in [4.78, 5) is 25.5. The number of urea groups is 1. The lowest BCUT2D eigenvalue weighted by molar-refractivity contribution is -0.142. The minimum Gasteiger partial charge on any atom is -0.481 e. The molecule has 0 bridgehead atoms. The number of amides is 2. The van der Waals surface area contributed by atoms with E-state index in [1.807, 2.05) is 4.90 Å². The van der Waals surface area contributed by atoms with Gasteiger partial charge in [-0.1, -0.05) is 25.7 Å². The zero-order valence-corrected chi connectivity index (χ0v) is 12.6. The molecular formula is C16H26N2O3. The van der Waals surface area contributed by atoms with Crippen LogP contribution in [0.3, 0.4) is 0 Å². The van der Waals surface area contributed by atoms with Crippen LogP contribution in [0.4, 0.5) is 4.79 Å². The first kappa shape index (κ1) is 14.7. The predicted octanol–water partition coefficient (Wildman–Crippen LogP) is 2.46. The fraction of sp³-hybridized carbons (Fsp3) is 0.875. The maximum atomic E-state index is 12.4. The van der Waals surface area contributed by atoms with Crippen molar-refractivity contribution in [2.24, 2.45) is 17.8 Å². The van der Waals surface area contributed by atoms with E-state index in [9.17, 15) is 14.7 Å². The average molecular weight is 294 g/mol. The van der Waals surface area contributed by atoms with E-state index in [-0.39, 0.29) is 12.1 Å². The zero-order valence-electron chi connectivity index (χ0n) is 12.6. The number of fused-ring (bicyclic) bond motifs is 1. The second-order valence-electron chi connectivity index (χ2n) is 6.97. The summed E-state index contributed by atoms with van der Waals surface area (Å²) in [7, 11) is 0. The van der Waals surface area contributed by atoms with Gasteiger partial charge < -0.3 is 15.3 Å². The zero-order chi connectivity index (χ0) is 14.8. The predicted molar refractivity (Wildman–Crippen MR) is 78.9 cm³/mol. The fourth-order valence-electron chi connectivity index (χ4n) is 4.46. The first-order chi connectivity index (χ1) is 10.1. The molecule has 1 aliphatic heterocycles.